The molecule has 1 saturated heterocycles. The molecule has 138 valence electrons. The summed E-state index contributed by atoms with van der Waals surface area (Å²) in [4.78, 5) is 7.68. The highest BCUT2D eigenvalue weighted by molar-refractivity contribution is 6.30. The van der Waals surface area contributed by atoms with Gasteiger partial charge in [0.2, 0.25) is 0 Å². The fraction of sp³-hybridized carbons (Fsp3) is 0.455. The second kappa shape index (κ2) is 8.32. The summed E-state index contributed by atoms with van der Waals surface area (Å²) in [5.41, 5.74) is 3.99. The molecule has 0 saturated carbocycles. The standard InChI is InChI=1S/C22H28ClN3/c23-20-8-6-7-19(17-20)18-26-16-15-25(21-9-2-3-10-22(21)26)14-13-24-11-4-1-5-12-24/h2-3,6-10,17H,1,4-5,11-16,18H2. The average Bonchev–Trinajstić information content (AvgIpc) is 2.68. The molecule has 0 atom stereocenters. The highest BCUT2D eigenvalue weighted by Crippen LogP contribution is 2.33. The Hall–Kier alpha value is -1.71. The number of hydrogen-bond acceptors (Lipinski definition) is 3. The molecule has 2 aliphatic heterocycles. The van der Waals surface area contributed by atoms with Gasteiger partial charge in [-0.25, -0.2) is 0 Å². The first-order chi connectivity index (χ1) is 12.8. The van der Waals surface area contributed by atoms with Crippen LogP contribution in [0.15, 0.2) is 48.5 Å². The van der Waals surface area contributed by atoms with Crippen molar-refractivity contribution in [1.82, 2.24) is 4.90 Å². The molecule has 4 rings (SSSR count). The molecule has 4 heteroatoms. The van der Waals surface area contributed by atoms with Crippen LogP contribution in [0.5, 0.6) is 0 Å². The van der Waals surface area contributed by atoms with E-state index in [1.807, 2.05) is 12.1 Å². The second-order valence-electron chi connectivity index (χ2n) is 7.43. The van der Waals surface area contributed by atoms with E-state index in [1.165, 1.54) is 55.8 Å². The van der Waals surface area contributed by atoms with Crippen molar-refractivity contribution in [2.75, 3.05) is 49.1 Å². The van der Waals surface area contributed by atoms with Gasteiger partial charge in [0.25, 0.3) is 0 Å². The molecular weight excluding hydrogens is 342 g/mol. The molecule has 2 aromatic carbocycles. The smallest absolute Gasteiger partial charge is 0.0607 e. The van der Waals surface area contributed by atoms with Crippen molar-refractivity contribution >= 4 is 23.0 Å². The Bertz CT molecular complexity index is 727. The molecule has 2 heterocycles. The molecule has 0 aromatic heterocycles. The van der Waals surface area contributed by atoms with Crippen LogP contribution >= 0.6 is 11.6 Å². The van der Waals surface area contributed by atoms with E-state index in [0.29, 0.717) is 0 Å². The summed E-state index contributed by atoms with van der Waals surface area (Å²) in [7, 11) is 0. The van der Waals surface area contributed by atoms with Gasteiger partial charge in [-0.1, -0.05) is 42.3 Å². The first kappa shape index (κ1) is 17.7. The summed E-state index contributed by atoms with van der Waals surface area (Å²) in [5.74, 6) is 0. The lowest BCUT2D eigenvalue weighted by molar-refractivity contribution is 0.233. The summed E-state index contributed by atoms with van der Waals surface area (Å²) in [6, 6.07) is 17.1. The number of fused-ring (bicyclic) bond motifs is 1. The van der Waals surface area contributed by atoms with Gasteiger partial charge in [0.15, 0.2) is 0 Å². The number of likely N-dealkylation sites (tertiary alicyclic amines) is 1. The van der Waals surface area contributed by atoms with Crippen LogP contribution in [-0.2, 0) is 6.54 Å². The molecule has 0 unspecified atom stereocenters. The molecule has 0 N–H and O–H groups in total. The number of anilines is 2. The van der Waals surface area contributed by atoms with Gasteiger partial charge in [0, 0.05) is 37.7 Å². The summed E-state index contributed by atoms with van der Waals surface area (Å²) in [5, 5.41) is 0.816. The highest BCUT2D eigenvalue weighted by Gasteiger charge is 2.23. The quantitative estimate of drug-likeness (QED) is 0.759. The first-order valence-corrected chi connectivity index (χ1v) is 10.2. The van der Waals surface area contributed by atoms with Crippen LogP contribution in [-0.4, -0.2) is 44.2 Å². The third kappa shape index (κ3) is 4.16. The lowest BCUT2D eigenvalue weighted by Gasteiger charge is -2.40. The predicted molar refractivity (Wildman–Crippen MR) is 111 cm³/mol. The van der Waals surface area contributed by atoms with E-state index in [2.05, 4.69) is 51.1 Å². The minimum atomic E-state index is 0.816. The summed E-state index contributed by atoms with van der Waals surface area (Å²) in [6.07, 6.45) is 4.13. The van der Waals surface area contributed by atoms with E-state index >= 15 is 0 Å². The maximum Gasteiger partial charge on any atom is 0.0607 e. The Balaban J connectivity index is 1.45. The molecule has 26 heavy (non-hydrogen) atoms. The maximum atomic E-state index is 6.17. The number of benzene rings is 2. The minimum Gasteiger partial charge on any atom is -0.367 e. The van der Waals surface area contributed by atoms with Gasteiger partial charge in [-0.15, -0.1) is 0 Å². The Morgan fingerprint density at radius 3 is 2.23 bits per heavy atom. The van der Waals surface area contributed by atoms with E-state index < -0.39 is 0 Å². The first-order valence-electron chi connectivity index (χ1n) is 9.85. The zero-order valence-electron chi connectivity index (χ0n) is 15.4. The van der Waals surface area contributed by atoms with Gasteiger partial charge in [-0.2, -0.15) is 0 Å². The Kier molecular flexibility index (Phi) is 5.66. The normalized spacial score (nSPS) is 18.0. The maximum absolute atomic E-state index is 6.17. The third-order valence-corrected chi connectivity index (χ3v) is 5.84. The number of halogens is 1. The second-order valence-corrected chi connectivity index (χ2v) is 7.87. The lowest BCUT2D eigenvalue weighted by Crippen LogP contribution is -2.44. The zero-order chi connectivity index (χ0) is 17.8. The number of hydrogen-bond donors (Lipinski definition) is 0. The molecule has 0 radical (unpaired) electrons. The molecule has 2 aromatic rings. The van der Waals surface area contributed by atoms with Crippen molar-refractivity contribution in [2.24, 2.45) is 0 Å². The van der Waals surface area contributed by atoms with Crippen molar-refractivity contribution in [3.8, 4) is 0 Å². The van der Waals surface area contributed by atoms with Crippen LogP contribution in [0.25, 0.3) is 0 Å². The van der Waals surface area contributed by atoms with Crippen LogP contribution < -0.4 is 9.80 Å². The largest absolute Gasteiger partial charge is 0.367 e. The SMILES string of the molecule is Clc1cccc(CN2CCN(CCN3CCCCC3)c3ccccc32)c1. The molecule has 0 spiro atoms. The van der Waals surface area contributed by atoms with Gasteiger partial charge in [0.1, 0.15) is 0 Å². The van der Waals surface area contributed by atoms with Crippen LogP contribution in [0.3, 0.4) is 0 Å². The Morgan fingerprint density at radius 2 is 1.46 bits per heavy atom. The predicted octanol–water partition coefficient (Wildman–Crippen LogP) is 4.65. The van der Waals surface area contributed by atoms with Crippen LogP contribution in [0.4, 0.5) is 11.4 Å². The Labute approximate surface area is 162 Å². The van der Waals surface area contributed by atoms with Gasteiger partial charge in [-0.3, -0.25) is 0 Å². The monoisotopic (exact) mass is 369 g/mol. The Morgan fingerprint density at radius 1 is 0.731 bits per heavy atom. The van der Waals surface area contributed by atoms with Crippen LogP contribution in [0.2, 0.25) is 5.02 Å². The van der Waals surface area contributed by atoms with E-state index in [-0.39, 0.29) is 0 Å². The van der Waals surface area contributed by atoms with E-state index in [0.717, 1.165) is 31.2 Å². The third-order valence-electron chi connectivity index (χ3n) is 5.60. The van der Waals surface area contributed by atoms with E-state index in [1.54, 1.807) is 0 Å². The van der Waals surface area contributed by atoms with Crippen molar-refractivity contribution in [3.63, 3.8) is 0 Å². The molecule has 1 fully saturated rings. The van der Waals surface area contributed by atoms with Crippen molar-refractivity contribution in [1.29, 1.82) is 0 Å². The molecular formula is C22H28ClN3. The molecule has 0 aliphatic carbocycles. The summed E-state index contributed by atoms with van der Waals surface area (Å²) >= 11 is 6.17. The van der Waals surface area contributed by atoms with Gasteiger partial charge >= 0.3 is 0 Å². The van der Waals surface area contributed by atoms with Crippen LogP contribution in [0.1, 0.15) is 24.8 Å². The van der Waals surface area contributed by atoms with Crippen molar-refractivity contribution in [3.05, 3.63) is 59.1 Å². The van der Waals surface area contributed by atoms with Gasteiger partial charge in [0.05, 0.1) is 11.4 Å². The molecule has 0 bridgehead atoms. The van der Waals surface area contributed by atoms with E-state index in [4.69, 9.17) is 11.6 Å². The topological polar surface area (TPSA) is 9.72 Å². The fourth-order valence-electron chi connectivity index (χ4n) is 4.18. The van der Waals surface area contributed by atoms with Crippen molar-refractivity contribution < 1.29 is 0 Å². The van der Waals surface area contributed by atoms with Crippen LogP contribution in [0, 0.1) is 0 Å². The molecule has 2 aliphatic rings. The number of piperidine rings is 1. The van der Waals surface area contributed by atoms with Crippen molar-refractivity contribution in [2.45, 2.75) is 25.8 Å². The average molecular weight is 370 g/mol. The summed E-state index contributed by atoms with van der Waals surface area (Å²) in [6.45, 7) is 7.92. The molecule has 3 nitrogen and oxygen atoms in total. The fourth-order valence-corrected chi connectivity index (χ4v) is 4.39. The minimum absolute atomic E-state index is 0.816. The zero-order valence-corrected chi connectivity index (χ0v) is 16.2. The highest BCUT2D eigenvalue weighted by atomic mass is 35.5. The van der Waals surface area contributed by atoms with E-state index in [9.17, 15) is 0 Å². The number of para-hydroxylation sites is 2. The van der Waals surface area contributed by atoms with Gasteiger partial charge in [-0.05, 0) is 55.8 Å². The van der Waals surface area contributed by atoms with Gasteiger partial charge < -0.3 is 14.7 Å². The number of rotatable bonds is 5. The lowest BCUT2D eigenvalue weighted by atomic mass is 10.1. The summed E-state index contributed by atoms with van der Waals surface area (Å²) < 4.78 is 0. The molecule has 0 amide bonds. The number of nitrogens with zero attached hydrogens (tertiary/aromatic N) is 3.